The highest BCUT2D eigenvalue weighted by Crippen LogP contribution is 2.40. The Labute approximate surface area is 232 Å². The lowest BCUT2D eigenvalue weighted by Crippen LogP contribution is -2.44. The Kier molecular flexibility index (Phi) is 9.56. The van der Waals surface area contributed by atoms with Crippen LogP contribution in [-0.2, 0) is 43.3 Å². The van der Waals surface area contributed by atoms with E-state index < -0.39 is 56.9 Å². The van der Waals surface area contributed by atoms with Crippen LogP contribution in [0.1, 0.15) is 47.9 Å². The molecule has 0 saturated carbocycles. The van der Waals surface area contributed by atoms with Crippen molar-refractivity contribution in [2.45, 2.75) is 49.9 Å². The summed E-state index contributed by atoms with van der Waals surface area (Å²) < 4.78 is 108. The Hall–Kier alpha value is -2.02. The Balaban J connectivity index is 1.96. The minimum absolute atomic E-state index is 0.0109. The number of benzene rings is 2. The zero-order chi connectivity index (χ0) is 29.2. The predicted octanol–water partition coefficient (Wildman–Crippen LogP) is 6.89. The second kappa shape index (κ2) is 11.8. The smallest absolute Gasteiger partial charge is 0.342 e. The molecule has 0 N–H and O–H groups in total. The second-order valence-electron chi connectivity index (χ2n) is 9.55. The van der Waals surface area contributed by atoms with Crippen molar-refractivity contribution in [2.75, 3.05) is 26.0 Å². The molecule has 0 spiro atoms. The van der Waals surface area contributed by atoms with Gasteiger partial charge in [-0.15, -0.1) is 0 Å². The maximum Gasteiger partial charge on any atom is 0.416 e. The van der Waals surface area contributed by atoms with Crippen LogP contribution in [0.25, 0.3) is 0 Å². The molecule has 1 amide bonds. The summed E-state index contributed by atoms with van der Waals surface area (Å²) in [6.45, 7) is 0.00557. The zero-order valence-corrected chi connectivity index (χ0v) is 23.0. The number of carbonyl (C=O) groups is 1. The van der Waals surface area contributed by atoms with E-state index in [1.807, 2.05) is 0 Å². The summed E-state index contributed by atoms with van der Waals surface area (Å²) >= 11 is 12.3. The number of alkyl halides is 6. The summed E-state index contributed by atoms with van der Waals surface area (Å²) in [7, 11) is -3.77. The monoisotopic (exact) mass is 619 g/mol. The minimum atomic E-state index is -5.04. The molecule has 1 fully saturated rings. The average molecular weight is 620 g/mol. The van der Waals surface area contributed by atoms with Gasteiger partial charge in [-0.05, 0) is 60.7 Å². The van der Waals surface area contributed by atoms with Gasteiger partial charge >= 0.3 is 12.4 Å². The average Bonchev–Trinajstić information content (AvgIpc) is 3.02. The number of hydrogen-bond acceptors (Lipinski definition) is 4. The largest absolute Gasteiger partial charge is 0.416 e. The van der Waals surface area contributed by atoms with Crippen LogP contribution in [0.2, 0.25) is 10.0 Å². The highest BCUT2D eigenvalue weighted by molar-refractivity contribution is 7.85. The quantitative estimate of drug-likeness (QED) is 0.250. The molecule has 1 saturated heterocycles. The molecule has 1 heterocycles. The van der Waals surface area contributed by atoms with Crippen LogP contribution >= 0.6 is 23.2 Å². The lowest BCUT2D eigenvalue weighted by Gasteiger charge is -2.37. The Morgan fingerprint density at radius 1 is 0.974 bits per heavy atom. The van der Waals surface area contributed by atoms with E-state index in [9.17, 15) is 39.6 Å². The van der Waals surface area contributed by atoms with E-state index in [4.69, 9.17) is 27.4 Å². The lowest BCUT2D eigenvalue weighted by molar-refractivity contribution is -0.143. The van der Waals surface area contributed by atoms with E-state index in [2.05, 4.69) is 0 Å². The SMILES string of the molecule is CS(=O)(=O)OCC[C@@]1(c2ccc(Cl)c(Cl)c2)CCCCN(C(=O)Cc2cc(C(F)(F)F)cc(C(F)(F)F)c2)C1. The maximum atomic E-state index is 13.3. The lowest BCUT2D eigenvalue weighted by atomic mass is 9.74. The number of hydrogen-bond donors (Lipinski definition) is 0. The fourth-order valence-electron chi connectivity index (χ4n) is 4.71. The summed E-state index contributed by atoms with van der Waals surface area (Å²) in [5.41, 5.74) is -3.65. The van der Waals surface area contributed by atoms with Gasteiger partial charge in [0.25, 0.3) is 10.1 Å². The maximum absolute atomic E-state index is 13.3. The number of carbonyl (C=O) groups excluding carboxylic acids is 1. The summed E-state index contributed by atoms with van der Waals surface area (Å²) in [5.74, 6) is -0.669. The van der Waals surface area contributed by atoms with Gasteiger partial charge in [-0.25, -0.2) is 0 Å². The van der Waals surface area contributed by atoms with Crippen LogP contribution in [0.15, 0.2) is 36.4 Å². The topological polar surface area (TPSA) is 63.7 Å². The van der Waals surface area contributed by atoms with Crippen LogP contribution in [0, 0.1) is 0 Å². The first-order chi connectivity index (χ1) is 17.9. The number of halogens is 8. The van der Waals surface area contributed by atoms with E-state index in [1.165, 1.54) is 4.90 Å². The summed E-state index contributed by atoms with van der Waals surface area (Å²) in [6.07, 6.45) is -8.12. The van der Waals surface area contributed by atoms with Crippen LogP contribution in [0.3, 0.4) is 0 Å². The third kappa shape index (κ3) is 8.48. The van der Waals surface area contributed by atoms with Gasteiger partial charge in [0.15, 0.2) is 0 Å². The molecule has 1 aliphatic heterocycles. The highest BCUT2D eigenvalue weighted by Gasteiger charge is 2.39. The summed E-state index contributed by atoms with van der Waals surface area (Å²) in [6, 6.07) is 5.92. The first-order valence-corrected chi connectivity index (χ1v) is 14.3. The zero-order valence-electron chi connectivity index (χ0n) is 20.6. The molecule has 0 bridgehead atoms. The molecule has 2 aromatic rings. The molecule has 0 aromatic heterocycles. The van der Waals surface area contributed by atoms with Gasteiger partial charge in [0.2, 0.25) is 5.91 Å². The van der Waals surface area contributed by atoms with E-state index in [0.717, 1.165) is 6.26 Å². The predicted molar refractivity (Wildman–Crippen MR) is 134 cm³/mol. The second-order valence-corrected chi connectivity index (χ2v) is 12.0. The molecule has 0 radical (unpaired) electrons. The molecule has 14 heteroatoms. The molecule has 1 aliphatic rings. The normalized spacial score (nSPS) is 19.2. The fraction of sp³-hybridized carbons (Fsp3) is 0.480. The molecule has 216 valence electrons. The first kappa shape index (κ1) is 31.5. The Bertz CT molecular complexity index is 1280. The molecular weight excluding hydrogens is 595 g/mol. The number of nitrogens with zero attached hydrogens (tertiary/aromatic N) is 1. The molecule has 0 aliphatic carbocycles. The molecular formula is C25H25Cl2F6NO4S. The fourth-order valence-corrected chi connectivity index (χ4v) is 5.39. The number of likely N-dealkylation sites (tertiary alicyclic amines) is 1. The van der Waals surface area contributed by atoms with Gasteiger partial charge in [-0.3, -0.25) is 8.98 Å². The van der Waals surface area contributed by atoms with Gasteiger partial charge in [-0.2, -0.15) is 34.8 Å². The molecule has 2 aromatic carbocycles. The van der Waals surface area contributed by atoms with E-state index in [-0.39, 0.29) is 42.2 Å². The van der Waals surface area contributed by atoms with Gasteiger partial charge in [0.05, 0.1) is 40.5 Å². The molecule has 3 rings (SSSR count). The standard InChI is InChI=1S/C25H25Cl2F6NO4S/c1-39(36,37)38-9-7-23(17-4-5-20(26)21(27)14-17)6-2-3-8-34(15-23)22(35)12-16-10-18(24(28,29)30)13-19(11-16)25(31,32)33/h4-5,10-11,13-14H,2-3,6-9,12,15H2,1H3/t23-/m0/s1. The number of amides is 1. The van der Waals surface area contributed by atoms with E-state index in [0.29, 0.717) is 37.0 Å². The van der Waals surface area contributed by atoms with Gasteiger partial charge < -0.3 is 4.90 Å². The first-order valence-electron chi connectivity index (χ1n) is 11.8. The third-order valence-electron chi connectivity index (χ3n) is 6.59. The minimum Gasteiger partial charge on any atom is -0.342 e. The molecule has 5 nitrogen and oxygen atoms in total. The molecule has 39 heavy (non-hydrogen) atoms. The van der Waals surface area contributed by atoms with Crippen LogP contribution < -0.4 is 0 Å². The Morgan fingerprint density at radius 3 is 2.13 bits per heavy atom. The Morgan fingerprint density at radius 2 is 1.59 bits per heavy atom. The van der Waals surface area contributed by atoms with E-state index in [1.54, 1.807) is 18.2 Å². The van der Waals surface area contributed by atoms with Crippen molar-refractivity contribution in [3.05, 3.63) is 68.7 Å². The highest BCUT2D eigenvalue weighted by atomic mass is 35.5. The van der Waals surface area contributed by atoms with Crippen LogP contribution in [0.4, 0.5) is 26.3 Å². The molecule has 1 atom stereocenters. The van der Waals surface area contributed by atoms with Crippen molar-refractivity contribution in [2.24, 2.45) is 0 Å². The number of rotatable bonds is 7. The molecule has 0 unspecified atom stereocenters. The van der Waals surface area contributed by atoms with Crippen LogP contribution in [-0.4, -0.2) is 45.2 Å². The van der Waals surface area contributed by atoms with Crippen molar-refractivity contribution in [3.63, 3.8) is 0 Å². The summed E-state index contributed by atoms with van der Waals surface area (Å²) in [5, 5.41) is 0.498. The van der Waals surface area contributed by atoms with Gasteiger partial charge in [0.1, 0.15) is 0 Å². The van der Waals surface area contributed by atoms with Gasteiger partial charge in [-0.1, -0.05) is 35.7 Å². The van der Waals surface area contributed by atoms with Crippen molar-refractivity contribution in [1.29, 1.82) is 0 Å². The van der Waals surface area contributed by atoms with Crippen LogP contribution in [0.5, 0.6) is 0 Å². The van der Waals surface area contributed by atoms with Crippen molar-refractivity contribution in [1.82, 2.24) is 4.90 Å². The van der Waals surface area contributed by atoms with Crippen molar-refractivity contribution in [3.8, 4) is 0 Å². The van der Waals surface area contributed by atoms with Gasteiger partial charge in [0, 0.05) is 18.5 Å². The third-order valence-corrected chi connectivity index (χ3v) is 7.93. The summed E-state index contributed by atoms with van der Waals surface area (Å²) in [4.78, 5) is 14.7. The van der Waals surface area contributed by atoms with E-state index >= 15 is 0 Å². The van der Waals surface area contributed by atoms with Crippen molar-refractivity contribution >= 4 is 39.2 Å². The van der Waals surface area contributed by atoms with Crippen molar-refractivity contribution < 1.29 is 43.7 Å².